The highest BCUT2D eigenvalue weighted by molar-refractivity contribution is 5.61. The average Bonchev–Trinajstić information content (AvgIpc) is 2.28. The lowest BCUT2D eigenvalue weighted by atomic mass is 10.1. The number of hydrogen-bond donors (Lipinski definition) is 3. The number of anilines is 1. The zero-order chi connectivity index (χ0) is 11.5. The standard InChI is InChI=1S/C11H11N3O2/c1-12-8-4-2-7(3-5-8)9-6-10(15)14-11(16)13-9/h2-6,12H,1H3,(H2,13,14,15,16). The maximum atomic E-state index is 11.1. The largest absolute Gasteiger partial charge is 0.388 e. The zero-order valence-electron chi connectivity index (χ0n) is 8.70. The molecule has 0 aliphatic heterocycles. The lowest BCUT2D eigenvalue weighted by Gasteiger charge is -2.02. The van der Waals surface area contributed by atoms with Crippen LogP contribution in [0, 0.1) is 0 Å². The monoisotopic (exact) mass is 217 g/mol. The normalized spacial score (nSPS) is 10.1. The summed E-state index contributed by atoms with van der Waals surface area (Å²) in [6.45, 7) is 0. The summed E-state index contributed by atoms with van der Waals surface area (Å²) in [7, 11) is 1.82. The summed E-state index contributed by atoms with van der Waals surface area (Å²) in [4.78, 5) is 26.9. The lowest BCUT2D eigenvalue weighted by molar-refractivity contribution is 1.04. The van der Waals surface area contributed by atoms with Gasteiger partial charge in [0.15, 0.2) is 0 Å². The molecule has 0 aliphatic rings. The highest BCUT2D eigenvalue weighted by Crippen LogP contribution is 2.16. The zero-order valence-corrected chi connectivity index (χ0v) is 8.70. The SMILES string of the molecule is CNc1ccc(-c2cc(=O)[nH]c(=O)[nH]2)cc1. The molecule has 82 valence electrons. The molecule has 0 spiro atoms. The topological polar surface area (TPSA) is 77.8 Å². The van der Waals surface area contributed by atoms with Crippen LogP contribution >= 0.6 is 0 Å². The minimum Gasteiger partial charge on any atom is -0.388 e. The maximum absolute atomic E-state index is 11.1. The van der Waals surface area contributed by atoms with E-state index in [9.17, 15) is 9.59 Å². The Hall–Kier alpha value is -2.30. The van der Waals surface area contributed by atoms with Crippen molar-refractivity contribution < 1.29 is 0 Å². The van der Waals surface area contributed by atoms with Gasteiger partial charge in [-0.25, -0.2) is 4.79 Å². The molecule has 1 aromatic carbocycles. The van der Waals surface area contributed by atoms with Crippen LogP contribution in [0.1, 0.15) is 0 Å². The van der Waals surface area contributed by atoms with Crippen molar-refractivity contribution >= 4 is 5.69 Å². The molecular formula is C11H11N3O2. The minimum atomic E-state index is -0.500. The first-order valence-corrected chi connectivity index (χ1v) is 4.81. The van der Waals surface area contributed by atoms with Crippen LogP contribution in [0.2, 0.25) is 0 Å². The second-order valence-electron chi connectivity index (χ2n) is 3.33. The molecule has 2 rings (SSSR count). The van der Waals surface area contributed by atoms with Gasteiger partial charge in [-0.3, -0.25) is 9.78 Å². The first kappa shape index (κ1) is 10.2. The molecule has 2 aromatic rings. The van der Waals surface area contributed by atoms with Gasteiger partial charge in [-0.15, -0.1) is 0 Å². The molecule has 0 fully saturated rings. The predicted molar refractivity (Wildman–Crippen MR) is 62.7 cm³/mol. The van der Waals surface area contributed by atoms with E-state index in [-0.39, 0.29) is 0 Å². The first-order chi connectivity index (χ1) is 7.69. The molecule has 3 N–H and O–H groups in total. The number of rotatable bonds is 2. The van der Waals surface area contributed by atoms with Crippen molar-refractivity contribution in [1.29, 1.82) is 0 Å². The average molecular weight is 217 g/mol. The molecule has 0 amide bonds. The van der Waals surface area contributed by atoms with Crippen molar-refractivity contribution in [2.45, 2.75) is 0 Å². The number of nitrogens with one attached hydrogen (secondary N) is 3. The molecule has 5 nitrogen and oxygen atoms in total. The third kappa shape index (κ3) is 2.03. The van der Waals surface area contributed by atoms with Crippen molar-refractivity contribution in [3.8, 4) is 11.3 Å². The summed E-state index contributed by atoms with van der Waals surface area (Å²) >= 11 is 0. The summed E-state index contributed by atoms with van der Waals surface area (Å²) in [6, 6.07) is 8.76. The van der Waals surface area contributed by atoms with Crippen LogP contribution in [-0.4, -0.2) is 17.0 Å². The summed E-state index contributed by atoms with van der Waals surface area (Å²) in [6.07, 6.45) is 0. The van der Waals surface area contributed by atoms with Crippen LogP contribution in [0.15, 0.2) is 39.9 Å². The van der Waals surface area contributed by atoms with Gasteiger partial charge in [0.05, 0.1) is 5.69 Å². The maximum Gasteiger partial charge on any atom is 0.326 e. The minimum absolute atomic E-state index is 0.406. The highest BCUT2D eigenvalue weighted by Gasteiger charge is 2.00. The van der Waals surface area contributed by atoms with Crippen LogP contribution in [0.25, 0.3) is 11.3 Å². The molecule has 1 aromatic heterocycles. The number of aromatic amines is 2. The fraction of sp³-hybridized carbons (Fsp3) is 0.0909. The van der Waals surface area contributed by atoms with Gasteiger partial charge in [0.25, 0.3) is 5.56 Å². The van der Waals surface area contributed by atoms with Crippen LogP contribution in [0.4, 0.5) is 5.69 Å². The number of benzene rings is 1. The molecule has 0 saturated heterocycles. The molecule has 1 heterocycles. The fourth-order valence-electron chi connectivity index (χ4n) is 1.44. The molecule has 0 radical (unpaired) electrons. The van der Waals surface area contributed by atoms with Gasteiger partial charge in [-0.1, -0.05) is 12.1 Å². The van der Waals surface area contributed by atoms with Crippen molar-refractivity contribution in [2.75, 3.05) is 12.4 Å². The summed E-state index contributed by atoms with van der Waals surface area (Å²) < 4.78 is 0. The Morgan fingerprint density at radius 3 is 2.31 bits per heavy atom. The van der Waals surface area contributed by atoms with Crippen molar-refractivity contribution in [2.24, 2.45) is 0 Å². The second-order valence-corrected chi connectivity index (χ2v) is 3.33. The van der Waals surface area contributed by atoms with E-state index in [2.05, 4.69) is 15.3 Å². The van der Waals surface area contributed by atoms with Crippen molar-refractivity contribution in [3.63, 3.8) is 0 Å². The number of H-pyrrole nitrogens is 2. The van der Waals surface area contributed by atoms with Gasteiger partial charge in [0.2, 0.25) is 0 Å². The van der Waals surface area contributed by atoms with Gasteiger partial charge in [-0.2, -0.15) is 0 Å². The van der Waals surface area contributed by atoms with Crippen LogP contribution in [0.3, 0.4) is 0 Å². The van der Waals surface area contributed by atoms with E-state index < -0.39 is 11.2 Å². The van der Waals surface area contributed by atoms with E-state index in [1.165, 1.54) is 6.07 Å². The Morgan fingerprint density at radius 1 is 1.06 bits per heavy atom. The van der Waals surface area contributed by atoms with Crippen LogP contribution < -0.4 is 16.6 Å². The Kier molecular flexibility index (Phi) is 2.59. The Bertz CT molecular complexity index is 567. The summed E-state index contributed by atoms with van der Waals surface area (Å²) in [5.41, 5.74) is 1.37. The Labute approximate surface area is 91.2 Å². The summed E-state index contributed by atoms with van der Waals surface area (Å²) in [5, 5.41) is 2.99. The molecule has 5 heteroatoms. The number of aromatic nitrogens is 2. The van der Waals surface area contributed by atoms with Crippen molar-refractivity contribution in [3.05, 3.63) is 51.2 Å². The van der Waals surface area contributed by atoms with Crippen molar-refractivity contribution in [1.82, 2.24) is 9.97 Å². The van der Waals surface area contributed by atoms with E-state index >= 15 is 0 Å². The summed E-state index contributed by atoms with van der Waals surface area (Å²) in [5.74, 6) is 0. The lowest BCUT2D eigenvalue weighted by Crippen LogP contribution is -2.21. The second kappa shape index (κ2) is 4.06. The van der Waals surface area contributed by atoms with E-state index in [1.807, 2.05) is 31.3 Å². The van der Waals surface area contributed by atoms with Crippen LogP contribution in [-0.2, 0) is 0 Å². The van der Waals surface area contributed by atoms with Gasteiger partial charge in [0, 0.05) is 18.8 Å². The van der Waals surface area contributed by atoms with E-state index in [4.69, 9.17) is 0 Å². The Balaban J connectivity index is 2.50. The highest BCUT2D eigenvalue weighted by atomic mass is 16.2. The Morgan fingerprint density at radius 2 is 1.75 bits per heavy atom. The third-order valence-corrected chi connectivity index (χ3v) is 2.24. The van der Waals surface area contributed by atoms with Gasteiger partial charge in [-0.05, 0) is 17.7 Å². The number of hydrogen-bond acceptors (Lipinski definition) is 3. The van der Waals surface area contributed by atoms with E-state index in [1.54, 1.807) is 0 Å². The fourth-order valence-corrected chi connectivity index (χ4v) is 1.44. The molecule has 16 heavy (non-hydrogen) atoms. The molecule has 0 atom stereocenters. The molecule has 0 aliphatic carbocycles. The molecule has 0 saturated carbocycles. The molecule has 0 bridgehead atoms. The molecular weight excluding hydrogens is 206 g/mol. The van der Waals surface area contributed by atoms with Gasteiger partial charge >= 0.3 is 5.69 Å². The predicted octanol–water partition coefficient (Wildman–Crippen LogP) is 0.772. The van der Waals surface area contributed by atoms with Gasteiger partial charge < -0.3 is 10.3 Å². The van der Waals surface area contributed by atoms with Crippen LogP contribution in [0.5, 0.6) is 0 Å². The first-order valence-electron chi connectivity index (χ1n) is 4.81. The smallest absolute Gasteiger partial charge is 0.326 e. The van der Waals surface area contributed by atoms with E-state index in [0.717, 1.165) is 11.3 Å². The van der Waals surface area contributed by atoms with Gasteiger partial charge in [0.1, 0.15) is 0 Å². The third-order valence-electron chi connectivity index (χ3n) is 2.24. The molecule has 0 unspecified atom stereocenters. The van der Waals surface area contributed by atoms with E-state index in [0.29, 0.717) is 5.69 Å². The quantitative estimate of drug-likeness (QED) is 0.695.